The molecule has 1 aromatic carbocycles. The van der Waals surface area contributed by atoms with Gasteiger partial charge in [-0.2, -0.15) is 0 Å². The summed E-state index contributed by atoms with van der Waals surface area (Å²) in [6.45, 7) is 0. The highest BCUT2D eigenvalue weighted by Gasteiger charge is 1.98. The molecule has 0 amide bonds. The minimum atomic E-state index is -1.41. The lowest BCUT2D eigenvalue weighted by atomic mass is 9.91. The van der Waals surface area contributed by atoms with Crippen LogP contribution >= 0.6 is 0 Å². The van der Waals surface area contributed by atoms with Crippen LogP contribution in [0.3, 0.4) is 0 Å². The van der Waals surface area contributed by atoms with Crippen LogP contribution in [-0.4, -0.2) is 24.3 Å². The minimum Gasteiger partial charge on any atom is -0.497 e. The van der Waals surface area contributed by atoms with Crippen LogP contribution in [0.1, 0.15) is 5.56 Å². The number of benzene rings is 1. The Bertz CT molecular complexity index is 297. The molecule has 68 valence electrons. The van der Waals surface area contributed by atoms with E-state index in [1.165, 1.54) is 5.98 Å². The second kappa shape index (κ2) is 4.69. The van der Waals surface area contributed by atoms with Gasteiger partial charge in [0.15, 0.2) is 0 Å². The van der Waals surface area contributed by atoms with E-state index in [9.17, 15) is 0 Å². The van der Waals surface area contributed by atoms with Gasteiger partial charge in [0.2, 0.25) is 0 Å². The molecule has 0 heterocycles. The molecule has 0 bridgehead atoms. The summed E-state index contributed by atoms with van der Waals surface area (Å²) in [6.07, 6.45) is 1.62. The zero-order chi connectivity index (χ0) is 9.68. The summed E-state index contributed by atoms with van der Waals surface area (Å²) >= 11 is 0. The van der Waals surface area contributed by atoms with Crippen LogP contribution in [0.4, 0.5) is 0 Å². The highest BCUT2D eigenvalue weighted by molar-refractivity contribution is 6.48. The molecule has 0 aromatic heterocycles. The molecular weight excluding hydrogens is 167 g/mol. The van der Waals surface area contributed by atoms with Crippen LogP contribution in [0.5, 0.6) is 5.75 Å². The maximum absolute atomic E-state index is 8.58. The van der Waals surface area contributed by atoms with Crippen LogP contribution in [0.15, 0.2) is 30.2 Å². The number of ether oxygens (including phenoxy) is 1. The predicted molar refractivity (Wildman–Crippen MR) is 52.2 cm³/mol. The van der Waals surface area contributed by atoms with E-state index in [0.29, 0.717) is 0 Å². The Kier molecular flexibility index (Phi) is 3.55. The van der Waals surface area contributed by atoms with E-state index in [1.807, 2.05) is 18.2 Å². The van der Waals surface area contributed by atoms with Gasteiger partial charge >= 0.3 is 7.12 Å². The molecule has 0 aliphatic rings. The first kappa shape index (κ1) is 9.83. The van der Waals surface area contributed by atoms with Crippen LogP contribution in [0.2, 0.25) is 0 Å². The largest absolute Gasteiger partial charge is 0.497 e. The molecule has 3 nitrogen and oxygen atoms in total. The molecule has 0 fully saturated rings. The maximum Gasteiger partial charge on any atom is 0.480 e. The van der Waals surface area contributed by atoms with Gasteiger partial charge in [0.25, 0.3) is 0 Å². The SMILES string of the molecule is COc1cccc(C=CB(O)O)c1. The first-order valence-corrected chi connectivity index (χ1v) is 3.91. The van der Waals surface area contributed by atoms with Gasteiger partial charge in [0.1, 0.15) is 5.75 Å². The van der Waals surface area contributed by atoms with Crippen molar-refractivity contribution >= 4 is 13.2 Å². The van der Waals surface area contributed by atoms with E-state index < -0.39 is 7.12 Å². The standard InChI is InChI=1S/C9H11BO3/c1-13-9-4-2-3-8(7-9)5-6-10(11)12/h2-7,11-12H,1H3. The lowest BCUT2D eigenvalue weighted by Gasteiger charge is -1.99. The molecule has 4 heteroatoms. The molecule has 0 unspecified atom stereocenters. The lowest BCUT2D eigenvalue weighted by molar-refractivity contribution is 0.414. The van der Waals surface area contributed by atoms with Crippen molar-refractivity contribution < 1.29 is 14.8 Å². The quantitative estimate of drug-likeness (QED) is 0.670. The zero-order valence-corrected chi connectivity index (χ0v) is 7.34. The van der Waals surface area contributed by atoms with Crippen LogP contribution in [0.25, 0.3) is 6.08 Å². The lowest BCUT2D eigenvalue weighted by Crippen LogP contribution is -2.05. The van der Waals surface area contributed by atoms with Crippen molar-refractivity contribution in [3.63, 3.8) is 0 Å². The Morgan fingerprint density at radius 2 is 2.15 bits per heavy atom. The van der Waals surface area contributed by atoms with Gasteiger partial charge in [0, 0.05) is 0 Å². The zero-order valence-electron chi connectivity index (χ0n) is 7.34. The number of rotatable bonds is 3. The summed E-state index contributed by atoms with van der Waals surface area (Å²) < 4.78 is 5.00. The average molecular weight is 178 g/mol. The van der Waals surface area contributed by atoms with Crippen molar-refractivity contribution in [3.8, 4) is 5.75 Å². The molecule has 1 rings (SSSR count). The molecule has 0 saturated carbocycles. The van der Waals surface area contributed by atoms with Crippen LogP contribution in [-0.2, 0) is 0 Å². The van der Waals surface area contributed by atoms with E-state index in [1.54, 1.807) is 19.3 Å². The molecule has 0 spiro atoms. The predicted octanol–water partition coefficient (Wildman–Crippen LogP) is 0.720. The Hall–Kier alpha value is -1.26. The highest BCUT2D eigenvalue weighted by atomic mass is 16.5. The van der Waals surface area contributed by atoms with Crippen molar-refractivity contribution in [1.82, 2.24) is 0 Å². The minimum absolute atomic E-state index is 0.745. The Labute approximate surface area is 77.4 Å². The first-order valence-electron chi connectivity index (χ1n) is 3.91. The van der Waals surface area contributed by atoms with Gasteiger partial charge in [-0.05, 0) is 17.7 Å². The Morgan fingerprint density at radius 1 is 1.38 bits per heavy atom. The van der Waals surface area contributed by atoms with E-state index >= 15 is 0 Å². The van der Waals surface area contributed by atoms with Gasteiger partial charge in [-0.15, -0.1) is 0 Å². The molecule has 0 saturated heterocycles. The molecule has 0 radical (unpaired) electrons. The van der Waals surface area contributed by atoms with Crippen molar-refractivity contribution in [3.05, 3.63) is 35.8 Å². The molecule has 0 aliphatic carbocycles. The Balaban J connectivity index is 2.77. The van der Waals surface area contributed by atoms with Gasteiger partial charge in [0.05, 0.1) is 7.11 Å². The van der Waals surface area contributed by atoms with E-state index in [-0.39, 0.29) is 0 Å². The van der Waals surface area contributed by atoms with Crippen molar-refractivity contribution in [1.29, 1.82) is 0 Å². The monoisotopic (exact) mass is 178 g/mol. The molecule has 0 atom stereocenters. The highest BCUT2D eigenvalue weighted by Crippen LogP contribution is 2.13. The van der Waals surface area contributed by atoms with Crippen molar-refractivity contribution in [2.45, 2.75) is 0 Å². The van der Waals surface area contributed by atoms with Crippen LogP contribution in [0, 0.1) is 0 Å². The smallest absolute Gasteiger partial charge is 0.480 e. The van der Waals surface area contributed by atoms with Crippen molar-refractivity contribution in [2.75, 3.05) is 7.11 Å². The third-order valence-corrected chi connectivity index (χ3v) is 1.55. The second-order valence-corrected chi connectivity index (χ2v) is 2.55. The molecule has 1 aromatic rings. The van der Waals surface area contributed by atoms with Gasteiger partial charge in [-0.3, -0.25) is 0 Å². The van der Waals surface area contributed by atoms with E-state index in [2.05, 4.69) is 0 Å². The number of methoxy groups -OCH3 is 1. The van der Waals surface area contributed by atoms with Gasteiger partial charge in [-0.1, -0.05) is 24.2 Å². The fourth-order valence-electron chi connectivity index (χ4n) is 0.942. The third-order valence-electron chi connectivity index (χ3n) is 1.55. The average Bonchev–Trinajstić information content (AvgIpc) is 2.15. The number of hydrogen-bond donors (Lipinski definition) is 2. The maximum atomic E-state index is 8.58. The fourth-order valence-corrected chi connectivity index (χ4v) is 0.942. The second-order valence-electron chi connectivity index (χ2n) is 2.55. The summed E-state index contributed by atoms with van der Waals surface area (Å²) in [7, 11) is 0.176. The summed E-state index contributed by atoms with van der Waals surface area (Å²) in [6, 6.07) is 7.31. The molecule has 2 N–H and O–H groups in total. The molecular formula is C9H11BO3. The number of hydrogen-bond acceptors (Lipinski definition) is 3. The fraction of sp³-hybridized carbons (Fsp3) is 0.111. The first-order chi connectivity index (χ1) is 6.22. The summed E-state index contributed by atoms with van der Waals surface area (Å²) in [4.78, 5) is 0. The van der Waals surface area contributed by atoms with Crippen LogP contribution < -0.4 is 4.74 Å². The van der Waals surface area contributed by atoms with Gasteiger partial charge in [-0.25, -0.2) is 0 Å². The summed E-state index contributed by atoms with van der Waals surface area (Å²) in [5, 5.41) is 17.2. The molecule has 13 heavy (non-hydrogen) atoms. The summed E-state index contributed by atoms with van der Waals surface area (Å²) in [5.41, 5.74) is 0.868. The normalized spacial score (nSPS) is 10.4. The third kappa shape index (κ3) is 3.31. The Morgan fingerprint density at radius 3 is 2.77 bits per heavy atom. The molecule has 0 aliphatic heterocycles. The van der Waals surface area contributed by atoms with Gasteiger partial charge < -0.3 is 14.8 Å². The topological polar surface area (TPSA) is 49.7 Å². The van der Waals surface area contributed by atoms with E-state index in [4.69, 9.17) is 14.8 Å². The van der Waals surface area contributed by atoms with Crippen molar-refractivity contribution in [2.24, 2.45) is 0 Å². The summed E-state index contributed by atoms with van der Waals surface area (Å²) in [5.74, 6) is 2.03. The van der Waals surface area contributed by atoms with E-state index in [0.717, 1.165) is 11.3 Å².